The summed E-state index contributed by atoms with van der Waals surface area (Å²) in [6.45, 7) is 1.88. The number of phenols is 1. The van der Waals surface area contributed by atoms with Gasteiger partial charge in [-0.05, 0) is 36.8 Å². The van der Waals surface area contributed by atoms with E-state index in [1.54, 1.807) is 22.7 Å². The maximum atomic E-state index is 12.7. The fourth-order valence-corrected chi connectivity index (χ4v) is 2.69. The van der Waals surface area contributed by atoms with Crippen molar-refractivity contribution in [3.05, 3.63) is 58.5 Å². The van der Waals surface area contributed by atoms with Gasteiger partial charge in [0.2, 0.25) is 0 Å². The van der Waals surface area contributed by atoms with E-state index in [-0.39, 0.29) is 17.0 Å². The summed E-state index contributed by atoms with van der Waals surface area (Å²) in [6.07, 6.45) is 2.13. The van der Waals surface area contributed by atoms with Crippen LogP contribution in [0.15, 0.2) is 36.5 Å². The van der Waals surface area contributed by atoms with Crippen molar-refractivity contribution in [2.75, 3.05) is 5.32 Å². The first-order valence-electron chi connectivity index (χ1n) is 7.45. The summed E-state index contributed by atoms with van der Waals surface area (Å²) in [5, 5.41) is 21.7. The number of rotatable bonds is 4. The van der Waals surface area contributed by atoms with Crippen LogP contribution in [0.25, 0.3) is 5.65 Å². The molecule has 0 atom stereocenters. The van der Waals surface area contributed by atoms with E-state index in [2.05, 4.69) is 10.3 Å². The van der Waals surface area contributed by atoms with Crippen molar-refractivity contribution in [3.8, 4) is 5.75 Å². The quantitative estimate of drug-likeness (QED) is 0.620. The number of aryl methyl sites for hydroxylation is 1. The maximum Gasteiger partial charge on any atom is 0.339 e. The molecule has 0 saturated carbocycles. The molecular formula is C17H14ClN3O4. The van der Waals surface area contributed by atoms with Gasteiger partial charge in [0.1, 0.15) is 22.7 Å². The third-order valence-electron chi connectivity index (χ3n) is 3.69. The topological polar surface area (TPSA) is 104 Å². The Balaban J connectivity index is 2.02. The molecule has 0 spiro atoms. The molecule has 0 aliphatic heterocycles. The Morgan fingerprint density at radius 2 is 2.04 bits per heavy atom. The van der Waals surface area contributed by atoms with Crippen LogP contribution in [0.3, 0.4) is 0 Å². The molecule has 3 N–H and O–H groups in total. The van der Waals surface area contributed by atoms with Crippen LogP contribution in [-0.2, 0) is 6.42 Å². The third kappa shape index (κ3) is 3.14. The molecular weight excluding hydrogens is 346 g/mol. The van der Waals surface area contributed by atoms with E-state index < -0.39 is 11.9 Å². The summed E-state index contributed by atoms with van der Waals surface area (Å²) in [6, 6.07) is 7.22. The molecule has 3 aromatic rings. The van der Waals surface area contributed by atoms with Gasteiger partial charge in [0, 0.05) is 11.9 Å². The first-order chi connectivity index (χ1) is 11.9. The zero-order valence-corrected chi connectivity index (χ0v) is 13.9. The molecule has 0 bridgehead atoms. The standard InChI is InChI=1S/C17H14ClN3O4/c1-2-12-15(21-8-9(18)3-6-14(21)20-12)16(23)19-10-4-5-13(22)11(7-10)17(24)25/h3-8,22H,2H2,1H3,(H,19,23)(H,24,25). The molecule has 0 fully saturated rings. The Kier molecular flexibility index (Phi) is 4.33. The minimum Gasteiger partial charge on any atom is -0.507 e. The molecule has 2 aromatic heterocycles. The number of aromatic nitrogens is 2. The number of hydrogen-bond donors (Lipinski definition) is 3. The second kappa shape index (κ2) is 6.45. The van der Waals surface area contributed by atoms with Crippen LogP contribution in [-0.4, -0.2) is 31.5 Å². The summed E-state index contributed by atoms with van der Waals surface area (Å²) in [5.74, 6) is -2.11. The average Bonchev–Trinajstić information content (AvgIpc) is 2.94. The Hall–Kier alpha value is -3.06. The SMILES string of the molecule is CCc1nc2ccc(Cl)cn2c1C(=O)Nc1ccc(O)c(C(=O)O)c1. The summed E-state index contributed by atoms with van der Waals surface area (Å²) in [5.41, 5.74) is 1.46. The fourth-order valence-electron chi connectivity index (χ4n) is 2.53. The normalized spacial score (nSPS) is 10.8. The van der Waals surface area contributed by atoms with Gasteiger partial charge < -0.3 is 15.5 Å². The van der Waals surface area contributed by atoms with Gasteiger partial charge in [-0.15, -0.1) is 0 Å². The largest absolute Gasteiger partial charge is 0.507 e. The Morgan fingerprint density at radius 1 is 1.28 bits per heavy atom. The average molecular weight is 360 g/mol. The lowest BCUT2D eigenvalue weighted by atomic mass is 10.1. The Bertz CT molecular complexity index is 997. The summed E-state index contributed by atoms with van der Waals surface area (Å²) < 4.78 is 1.59. The number of aromatic hydroxyl groups is 1. The number of carbonyl (C=O) groups is 2. The van der Waals surface area contributed by atoms with E-state index in [0.29, 0.717) is 28.5 Å². The number of fused-ring (bicyclic) bond motifs is 1. The van der Waals surface area contributed by atoms with Crippen LogP contribution in [0.4, 0.5) is 5.69 Å². The maximum absolute atomic E-state index is 12.7. The number of carbonyl (C=O) groups excluding carboxylic acids is 1. The van der Waals surface area contributed by atoms with Crippen LogP contribution in [0.1, 0.15) is 33.5 Å². The van der Waals surface area contributed by atoms with E-state index in [1.807, 2.05) is 6.92 Å². The monoisotopic (exact) mass is 359 g/mol. The molecule has 3 rings (SSSR count). The molecule has 1 amide bonds. The van der Waals surface area contributed by atoms with Gasteiger partial charge in [-0.25, -0.2) is 9.78 Å². The van der Waals surface area contributed by atoms with Crippen molar-refractivity contribution in [1.29, 1.82) is 0 Å². The van der Waals surface area contributed by atoms with Crippen LogP contribution < -0.4 is 5.32 Å². The number of benzene rings is 1. The van der Waals surface area contributed by atoms with Crippen molar-refractivity contribution < 1.29 is 19.8 Å². The first-order valence-corrected chi connectivity index (χ1v) is 7.82. The van der Waals surface area contributed by atoms with Gasteiger partial charge in [-0.2, -0.15) is 0 Å². The minimum atomic E-state index is -1.29. The number of amides is 1. The number of nitrogens with zero attached hydrogens (tertiary/aromatic N) is 2. The van der Waals surface area contributed by atoms with Gasteiger partial charge in [0.25, 0.3) is 5.91 Å². The zero-order chi connectivity index (χ0) is 18.1. The molecule has 0 unspecified atom stereocenters. The predicted octanol–water partition coefficient (Wildman–Crippen LogP) is 3.21. The lowest BCUT2D eigenvalue weighted by Crippen LogP contribution is -2.16. The van der Waals surface area contributed by atoms with Crippen molar-refractivity contribution in [1.82, 2.24) is 9.38 Å². The molecule has 8 heteroatoms. The molecule has 0 radical (unpaired) electrons. The Morgan fingerprint density at radius 3 is 2.72 bits per heavy atom. The number of hydrogen-bond acceptors (Lipinski definition) is 4. The first kappa shape index (κ1) is 16.8. The predicted molar refractivity (Wildman–Crippen MR) is 92.6 cm³/mol. The number of pyridine rings is 1. The van der Waals surface area contributed by atoms with Crippen molar-refractivity contribution in [2.24, 2.45) is 0 Å². The zero-order valence-electron chi connectivity index (χ0n) is 13.2. The van der Waals surface area contributed by atoms with Gasteiger partial charge in [0.05, 0.1) is 10.7 Å². The van der Waals surface area contributed by atoms with Crippen LogP contribution in [0.2, 0.25) is 5.02 Å². The van der Waals surface area contributed by atoms with Crippen LogP contribution in [0, 0.1) is 0 Å². The molecule has 0 aliphatic rings. The van der Waals surface area contributed by atoms with E-state index in [9.17, 15) is 14.7 Å². The highest BCUT2D eigenvalue weighted by Gasteiger charge is 2.19. The number of anilines is 1. The fraction of sp³-hybridized carbons (Fsp3) is 0.118. The number of aromatic carboxylic acids is 1. The summed E-state index contributed by atoms with van der Waals surface area (Å²) in [7, 11) is 0. The van der Waals surface area contributed by atoms with E-state index in [4.69, 9.17) is 16.7 Å². The number of imidazole rings is 1. The van der Waals surface area contributed by atoms with Gasteiger partial charge in [-0.3, -0.25) is 9.20 Å². The molecule has 2 heterocycles. The highest BCUT2D eigenvalue weighted by atomic mass is 35.5. The van der Waals surface area contributed by atoms with Gasteiger partial charge in [0.15, 0.2) is 0 Å². The smallest absolute Gasteiger partial charge is 0.339 e. The molecule has 0 aliphatic carbocycles. The van der Waals surface area contributed by atoms with Gasteiger partial charge in [-0.1, -0.05) is 18.5 Å². The number of nitrogens with one attached hydrogen (secondary N) is 1. The van der Waals surface area contributed by atoms with Crippen molar-refractivity contribution in [2.45, 2.75) is 13.3 Å². The molecule has 7 nitrogen and oxygen atoms in total. The van der Waals surface area contributed by atoms with Crippen molar-refractivity contribution in [3.63, 3.8) is 0 Å². The molecule has 0 saturated heterocycles. The Labute approximate surface area is 147 Å². The third-order valence-corrected chi connectivity index (χ3v) is 3.91. The second-order valence-electron chi connectivity index (χ2n) is 5.33. The highest BCUT2D eigenvalue weighted by Crippen LogP contribution is 2.23. The number of carboxylic acids is 1. The molecule has 128 valence electrons. The number of halogens is 1. The minimum absolute atomic E-state index is 0.249. The van der Waals surface area contributed by atoms with Crippen LogP contribution >= 0.6 is 11.6 Å². The van der Waals surface area contributed by atoms with Crippen LogP contribution in [0.5, 0.6) is 5.75 Å². The number of carboxylic acid groups (broad SMARTS) is 1. The second-order valence-corrected chi connectivity index (χ2v) is 5.76. The van der Waals surface area contributed by atoms with E-state index in [1.165, 1.54) is 18.2 Å². The lowest BCUT2D eigenvalue weighted by Gasteiger charge is -2.08. The van der Waals surface area contributed by atoms with E-state index in [0.717, 1.165) is 0 Å². The highest BCUT2D eigenvalue weighted by molar-refractivity contribution is 6.30. The molecule has 25 heavy (non-hydrogen) atoms. The van der Waals surface area contributed by atoms with E-state index >= 15 is 0 Å². The van der Waals surface area contributed by atoms with Gasteiger partial charge >= 0.3 is 5.97 Å². The summed E-state index contributed by atoms with van der Waals surface area (Å²) in [4.78, 5) is 28.2. The van der Waals surface area contributed by atoms with Crippen molar-refractivity contribution >= 4 is 34.8 Å². The molecule has 1 aromatic carbocycles. The lowest BCUT2D eigenvalue weighted by molar-refractivity contribution is 0.0693. The summed E-state index contributed by atoms with van der Waals surface area (Å²) >= 11 is 6.01.